The van der Waals surface area contributed by atoms with E-state index in [0.29, 0.717) is 23.3 Å². The van der Waals surface area contributed by atoms with Gasteiger partial charge in [0.15, 0.2) is 0 Å². The molecule has 1 aromatic heterocycles. The number of furan rings is 1. The quantitative estimate of drug-likeness (QED) is 0.714. The molecule has 0 spiro atoms. The summed E-state index contributed by atoms with van der Waals surface area (Å²) in [6.07, 6.45) is 2.13. The molecule has 0 aliphatic carbocycles. The van der Waals surface area contributed by atoms with Crippen molar-refractivity contribution in [2.75, 3.05) is 19.6 Å². The molecular weight excluding hydrogens is 424 g/mol. The van der Waals surface area contributed by atoms with E-state index in [9.17, 15) is 18.3 Å². The number of benzene rings is 1. The topological polar surface area (TPSA) is 99.8 Å². The Hall–Kier alpha value is -1.68. The van der Waals surface area contributed by atoms with Gasteiger partial charge < -0.3 is 14.8 Å². The largest absolute Gasteiger partial charge is 0.467 e. The number of hydrogen-bond acceptors (Lipinski definition) is 5. The minimum atomic E-state index is -3.61. The van der Waals surface area contributed by atoms with Gasteiger partial charge in [-0.2, -0.15) is 4.31 Å². The number of rotatable bonds is 6. The first-order chi connectivity index (χ1) is 12.4. The molecule has 1 aliphatic heterocycles. The van der Waals surface area contributed by atoms with Crippen molar-refractivity contribution in [3.05, 3.63) is 52.4 Å². The lowest BCUT2D eigenvalue weighted by Gasteiger charge is -2.17. The van der Waals surface area contributed by atoms with Crippen LogP contribution in [0.2, 0.25) is 0 Å². The van der Waals surface area contributed by atoms with Crippen LogP contribution in [0.4, 0.5) is 0 Å². The fourth-order valence-corrected chi connectivity index (χ4v) is 4.75. The average molecular weight is 443 g/mol. The number of halogens is 1. The van der Waals surface area contributed by atoms with Crippen molar-refractivity contribution in [1.29, 1.82) is 0 Å². The van der Waals surface area contributed by atoms with Crippen LogP contribution >= 0.6 is 15.9 Å². The number of carbonyl (C=O) groups excluding carboxylic acids is 1. The number of amides is 1. The van der Waals surface area contributed by atoms with Crippen LogP contribution < -0.4 is 5.32 Å². The van der Waals surface area contributed by atoms with Crippen molar-refractivity contribution in [2.45, 2.75) is 23.8 Å². The van der Waals surface area contributed by atoms with Gasteiger partial charge in [0.05, 0.1) is 23.3 Å². The number of nitrogens with zero attached hydrogens (tertiary/aromatic N) is 1. The zero-order chi connectivity index (χ0) is 18.7. The standard InChI is InChI=1S/C17H19BrN2O5S/c18-14-6-5-12(26(23,24)20-7-1-2-8-20)10-13(14)17(22)19-11-15(21)16-4-3-9-25-16/h3-6,9-10,15,21H,1-2,7-8,11H2,(H,19,22). The van der Waals surface area contributed by atoms with Gasteiger partial charge in [-0.3, -0.25) is 4.79 Å². The second-order valence-electron chi connectivity index (χ2n) is 5.99. The summed E-state index contributed by atoms with van der Waals surface area (Å²) in [6, 6.07) is 7.62. The molecule has 1 atom stereocenters. The SMILES string of the molecule is O=C(NCC(O)c1ccco1)c1cc(S(=O)(=O)N2CCCC2)ccc1Br. The highest BCUT2D eigenvalue weighted by Gasteiger charge is 2.28. The van der Waals surface area contributed by atoms with E-state index in [1.165, 1.54) is 22.7 Å². The summed E-state index contributed by atoms with van der Waals surface area (Å²) in [6.45, 7) is 0.937. The van der Waals surface area contributed by atoms with E-state index < -0.39 is 22.0 Å². The summed E-state index contributed by atoms with van der Waals surface area (Å²) >= 11 is 3.28. The van der Waals surface area contributed by atoms with E-state index in [-0.39, 0.29) is 17.0 Å². The Morgan fingerprint density at radius 1 is 1.31 bits per heavy atom. The minimum Gasteiger partial charge on any atom is -0.467 e. The van der Waals surface area contributed by atoms with Crippen LogP contribution in [0, 0.1) is 0 Å². The lowest BCUT2D eigenvalue weighted by atomic mass is 10.2. The number of hydrogen-bond donors (Lipinski definition) is 2. The molecule has 9 heteroatoms. The van der Waals surface area contributed by atoms with Gasteiger partial charge in [-0.25, -0.2) is 8.42 Å². The molecule has 140 valence electrons. The van der Waals surface area contributed by atoms with Crippen LogP contribution in [0.1, 0.15) is 35.1 Å². The molecule has 0 bridgehead atoms. The van der Waals surface area contributed by atoms with E-state index in [1.807, 2.05) is 0 Å². The van der Waals surface area contributed by atoms with Crippen molar-refractivity contribution in [3.8, 4) is 0 Å². The summed E-state index contributed by atoms with van der Waals surface area (Å²) in [7, 11) is -3.61. The van der Waals surface area contributed by atoms with Gasteiger partial charge in [0.25, 0.3) is 5.91 Å². The molecule has 2 aromatic rings. The molecule has 2 heterocycles. The van der Waals surface area contributed by atoms with Crippen LogP contribution in [0.25, 0.3) is 0 Å². The zero-order valence-corrected chi connectivity index (χ0v) is 16.3. The summed E-state index contributed by atoms with van der Waals surface area (Å²) in [5.41, 5.74) is 0.192. The Balaban J connectivity index is 1.75. The number of carbonyl (C=O) groups is 1. The first-order valence-electron chi connectivity index (χ1n) is 8.19. The molecule has 1 aromatic carbocycles. The van der Waals surface area contributed by atoms with Crippen molar-refractivity contribution < 1.29 is 22.7 Å². The first-order valence-corrected chi connectivity index (χ1v) is 10.4. The highest BCUT2D eigenvalue weighted by atomic mass is 79.9. The van der Waals surface area contributed by atoms with E-state index >= 15 is 0 Å². The first kappa shape index (κ1) is 19.1. The fraction of sp³-hybridized carbons (Fsp3) is 0.353. The fourth-order valence-electron chi connectivity index (χ4n) is 2.78. The summed E-state index contributed by atoms with van der Waals surface area (Å²) in [5, 5.41) is 12.6. The minimum absolute atomic E-state index is 0.0537. The van der Waals surface area contributed by atoms with Crippen molar-refractivity contribution in [1.82, 2.24) is 9.62 Å². The predicted octanol–water partition coefficient (Wildman–Crippen LogP) is 2.29. The van der Waals surface area contributed by atoms with Crippen molar-refractivity contribution >= 4 is 31.9 Å². The van der Waals surface area contributed by atoms with Gasteiger partial charge in [-0.1, -0.05) is 0 Å². The molecule has 7 nitrogen and oxygen atoms in total. The van der Waals surface area contributed by atoms with Gasteiger partial charge in [-0.05, 0) is 59.1 Å². The molecule has 1 unspecified atom stereocenters. The third-order valence-corrected chi connectivity index (χ3v) is 6.80. The molecule has 0 radical (unpaired) electrons. The molecule has 1 aliphatic rings. The van der Waals surface area contributed by atoms with E-state index in [0.717, 1.165) is 12.8 Å². The van der Waals surface area contributed by atoms with Gasteiger partial charge in [-0.15, -0.1) is 0 Å². The Morgan fingerprint density at radius 3 is 2.69 bits per heavy atom. The molecule has 1 saturated heterocycles. The number of aliphatic hydroxyl groups is 1. The smallest absolute Gasteiger partial charge is 0.252 e. The Morgan fingerprint density at radius 2 is 2.04 bits per heavy atom. The summed E-state index contributed by atoms with van der Waals surface area (Å²) in [5.74, 6) is -0.143. The molecule has 26 heavy (non-hydrogen) atoms. The van der Waals surface area contributed by atoms with Gasteiger partial charge in [0, 0.05) is 17.6 Å². The maximum absolute atomic E-state index is 12.7. The number of aliphatic hydroxyl groups excluding tert-OH is 1. The maximum atomic E-state index is 12.7. The molecule has 1 amide bonds. The third kappa shape index (κ3) is 4.01. The van der Waals surface area contributed by atoms with E-state index in [4.69, 9.17) is 4.42 Å². The van der Waals surface area contributed by atoms with Gasteiger partial charge in [0.2, 0.25) is 10.0 Å². The van der Waals surface area contributed by atoms with Crippen molar-refractivity contribution in [3.63, 3.8) is 0 Å². The highest BCUT2D eigenvalue weighted by molar-refractivity contribution is 9.10. The van der Waals surface area contributed by atoms with E-state index in [1.54, 1.807) is 18.2 Å². The Labute approximate surface area is 160 Å². The van der Waals surface area contributed by atoms with Crippen molar-refractivity contribution in [2.24, 2.45) is 0 Å². The third-order valence-electron chi connectivity index (χ3n) is 4.21. The van der Waals surface area contributed by atoms with Gasteiger partial charge in [0.1, 0.15) is 11.9 Å². The maximum Gasteiger partial charge on any atom is 0.252 e. The predicted molar refractivity (Wildman–Crippen MR) is 98.1 cm³/mol. The van der Waals surface area contributed by atoms with Crippen LogP contribution in [0.15, 0.2) is 50.4 Å². The second-order valence-corrected chi connectivity index (χ2v) is 8.79. The lowest BCUT2D eigenvalue weighted by molar-refractivity contribution is 0.0900. The molecule has 1 fully saturated rings. The molecule has 2 N–H and O–H groups in total. The monoisotopic (exact) mass is 442 g/mol. The van der Waals surface area contributed by atoms with Gasteiger partial charge >= 0.3 is 0 Å². The zero-order valence-electron chi connectivity index (χ0n) is 13.9. The molecule has 3 rings (SSSR count). The normalized spacial score (nSPS) is 16.5. The number of sulfonamides is 1. The average Bonchev–Trinajstić information content (AvgIpc) is 3.33. The Kier molecular flexibility index (Phi) is 5.81. The summed E-state index contributed by atoms with van der Waals surface area (Å²) in [4.78, 5) is 12.5. The second kappa shape index (κ2) is 7.91. The molecular formula is C17H19BrN2O5S. The number of nitrogens with one attached hydrogen (secondary N) is 1. The van der Waals surface area contributed by atoms with Crippen LogP contribution in [-0.4, -0.2) is 43.4 Å². The van der Waals surface area contributed by atoms with E-state index in [2.05, 4.69) is 21.2 Å². The van der Waals surface area contributed by atoms with Crippen LogP contribution in [-0.2, 0) is 10.0 Å². The lowest BCUT2D eigenvalue weighted by Crippen LogP contribution is -2.30. The summed E-state index contributed by atoms with van der Waals surface area (Å²) < 4.78 is 32.3. The molecule has 0 saturated carbocycles. The Bertz CT molecular complexity index is 877. The van der Waals surface area contributed by atoms with Crippen LogP contribution in [0.3, 0.4) is 0 Å². The van der Waals surface area contributed by atoms with Crippen LogP contribution in [0.5, 0.6) is 0 Å². The highest BCUT2D eigenvalue weighted by Crippen LogP contribution is 2.25.